The number of aliphatic hydroxyl groups is 1. The highest BCUT2D eigenvalue weighted by Gasteiger charge is 2.17. The minimum Gasteiger partial charge on any atom is -0.393 e. The molecule has 0 aromatic heterocycles. The maximum Gasteiger partial charge on any atom is 0.315 e. The Labute approximate surface area is 121 Å². The quantitative estimate of drug-likeness (QED) is 0.718. The predicted molar refractivity (Wildman–Crippen MR) is 81.5 cm³/mol. The van der Waals surface area contributed by atoms with Crippen LogP contribution in [0.15, 0.2) is 30.3 Å². The lowest BCUT2D eigenvalue weighted by molar-refractivity contribution is 0.159. The van der Waals surface area contributed by atoms with Crippen molar-refractivity contribution in [3.63, 3.8) is 0 Å². The zero-order valence-electron chi connectivity index (χ0n) is 12.6. The van der Waals surface area contributed by atoms with Crippen LogP contribution in [-0.4, -0.2) is 23.8 Å². The molecule has 1 aromatic carbocycles. The fourth-order valence-corrected chi connectivity index (χ4v) is 2.04. The fourth-order valence-electron chi connectivity index (χ4n) is 2.04. The summed E-state index contributed by atoms with van der Waals surface area (Å²) in [5.74, 6) is 0.310. The molecule has 0 spiro atoms. The van der Waals surface area contributed by atoms with E-state index in [-0.39, 0.29) is 18.2 Å². The number of hydrogen-bond acceptors (Lipinski definition) is 2. The number of hydrogen-bond donors (Lipinski definition) is 3. The highest BCUT2D eigenvalue weighted by atomic mass is 16.3. The number of urea groups is 1. The largest absolute Gasteiger partial charge is 0.393 e. The average molecular weight is 278 g/mol. The molecule has 0 aliphatic rings. The summed E-state index contributed by atoms with van der Waals surface area (Å²) in [6.45, 7) is 6.58. The van der Waals surface area contributed by atoms with Crippen LogP contribution >= 0.6 is 0 Å². The zero-order valence-corrected chi connectivity index (χ0v) is 12.6. The van der Waals surface area contributed by atoms with Gasteiger partial charge in [-0.2, -0.15) is 0 Å². The van der Waals surface area contributed by atoms with Crippen LogP contribution in [0.5, 0.6) is 0 Å². The van der Waals surface area contributed by atoms with Crippen LogP contribution in [0.4, 0.5) is 4.79 Å². The number of carbonyl (C=O) groups is 1. The lowest BCUT2D eigenvalue weighted by Gasteiger charge is -2.23. The SMILES string of the molecule is CCC(O)CCNC(=O)NC(c1ccccc1)C(C)C. The number of rotatable bonds is 7. The van der Waals surface area contributed by atoms with Crippen LogP contribution in [0.25, 0.3) is 0 Å². The molecule has 0 saturated carbocycles. The maximum atomic E-state index is 11.9. The summed E-state index contributed by atoms with van der Waals surface area (Å²) in [5.41, 5.74) is 1.10. The Bertz CT molecular complexity index is 393. The molecular weight excluding hydrogens is 252 g/mol. The van der Waals surface area contributed by atoms with Crippen molar-refractivity contribution in [2.75, 3.05) is 6.54 Å². The van der Waals surface area contributed by atoms with Gasteiger partial charge < -0.3 is 15.7 Å². The molecule has 3 N–H and O–H groups in total. The number of benzene rings is 1. The summed E-state index contributed by atoms with van der Waals surface area (Å²) in [4.78, 5) is 11.9. The first-order valence-corrected chi connectivity index (χ1v) is 7.32. The van der Waals surface area contributed by atoms with Gasteiger partial charge in [-0.3, -0.25) is 0 Å². The predicted octanol–water partition coefficient (Wildman–Crippen LogP) is 2.84. The van der Waals surface area contributed by atoms with Crippen molar-refractivity contribution in [1.82, 2.24) is 10.6 Å². The van der Waals surface area contributed by atoms with Gasteiger partial charge in [0.25, 0.3) is 0 Å². The third-order valence-corrected chi connectivity index (χ3v) is 3.35. The number of amides is 2. The summed E-state index contributed by atoms with van der Waals surface area (Å²) in [5, 5.41) is 15.2. The minimum atomic E-state index is -0.342. The van der Waals surface area contributed by atoms with Crippen molar-refractivity contribution < 1.29 is 9.90 Å². The molecule has 0 fully saturated rings. The Morgan fingerprint density at radius 3 is 2.45 bits per heavy atom. The van der Waals surface area contributed by atoms with Crippen LogP contribution in [-0.2, 0) is 0 Å². The molecular formula is C16H26N2O2. The van der Waals surface area contributed by atoms with E-state index in [4.69, 9.17) is 0 Å². The van der Waals surface area contributed by atoms with Gasteiger partial charge in [0.05, 0.1) is 12.1 Å². The number of aliphatic hydroxyl groups excluding tert-OH is 1. The standard InChI is InChI=1S/C16H26N2O2/c1-4-14(19)10-11-17-16(20)18-15(12(2)3)13-8-6-5-7-9-13/h5-9,12,14-15,19H,4,10-11H2,1-3H3,(H2,17,18,20). The highest BCUT2D eigenvalue weighted by Crippen LogP contribution is 2.20. The third-order valence-electron chi connectivity index (χ3n) is 3.35. The van der Waals surface area contributed by atoms with E-state index >= 15 is 0 Å². The van der Waals surface area contributed by atoms with Gasteiger partial charge in [0, 0.05) is 6.54 Å². The third kappa shape index (κ3) is 5.61. The Balaban J connectivity index is 2.48. The Morgan fingerprint density at radius 2 is 1.90 bits per heavy atom. The molecule has 4 nitrogen and oxygen atoms in total. The second-order valence-electron chi connectivity index (χ2n) is 5.38. The van der Waals surface area contributed by atoms with Gasteiger partial charge in [0.2, 0.25) is 0 Å². The van der Waals surface area contributed by atoms with E-state index in [9.17, 15) is 9.90 Å². The summed E-state index contributed by atoms with van der Waals surface area (Å²) in [7, 11) is 0. The van der Waals surface area contributed by atoms with Crippen molar-refractivity contribution in [1.29, 1.82) is 0 Å². The highest BCUT2D eigenvalue weighted by molar-refractivity contribution is 5.74. The van der Waals surface area contributed by atoms with E-state index in [1.54, 1.807) is 0 Å². The second-order valence-corrected chi connectivity index (χ2v) is 5.38. The lowest BCUT2D eigenvalue weighted by Crippen LogP contribution is -2.40. The van der Waals surface area contributed by atoms with Crippen LogP contribution in [0.2, 0.25) is 0 Å². The first-order chi connectivity index (χ1) is 9.54. The molecule has 0 bridgehead atoms. The van der Waals surface area contributed by atoms with E-state index in [1.807, 2.05) is 37.3 Å². The van der Waals surface area contributed by atoms with E-state index in [1.165, 1.54) is 0 Å². The molecule has 0 radical (unpaired) electrons. The van der Waals surface area contributed by atoms with Gasteiger partial charge in [-0.25, -0.2) is 4.79 Å². The summed E-state index contributed by atoms with van der Waals surface area (Å²) in [6.07, 6.45) is 0.953. The van der Waals surface area contributed by atoms with E-state index in [0.717, 1.165) is 5.56 Å². The Kier molecular flexibility index (Phi) is 7.09. The number of nitrogens with one attached hydrogen (secondary N) is 2. The van der Waals surface area contributed by atoms with Gasteiger partial charge in [0.15, 0.2) is 0 Å². The molecule has 2 amide bonds. The molecule has 4 heteroatoms. The minimum absolute atomic E-state index is 0.00713. The monoisotopic (exact) mass is 278 g/mol. The van der Waals surface area contributed by atoms with E-state index in [2.05, 4.69) is 24.5 Å². The van der Waals surface area contributed by atoms with Crippen LogP contribution in [0.1, 0.15) is 45.2 Å². The first kappa shape index (κ1) is 16.5. The van der Waals surface area contributed by atoms with Gasteiger partial charge in [-0.1, -0.05) is 51.1 Å². The molecule has 2 atom stereocenters. The molecule has 20 heavy (non-hydrogen) atoms. The van der Waals surface area contributed by atoms with Crippen molar-refractivity contribution in [3.8, 4) is 0 Å². The topological polar surface area (TPSA) is 61.4 Å². The Morgan fingerprint density at radius 1 is 1.25 bits per heavy atom. The van der Waals surface area contributed by atoms with Gasteiger partial charge >= 0.3 is 6.03 Å². The van der Waals surface area contributed by atoms with Crippen LogP contribution in [0.3, 0.4) is 0 Å². The van der Waals surface area contributed by atoms with Gasteiger partial charge in [-0.15, -0.1) is 0 Å². The first-order valence-electron chi connectivity index (χ1n) is 7.32. The van der Waals surface area contributed by atoms with Crippen molar-refractivity contribution in [3.05, 3.63) is 35.9 Å². The second kappa shape index (κ2) is 8.59. The molecule has 1 rings (SSSR count). The van der Waals surface area contributed by atoms with Gasteiger partial charge in [0.1, 0.15) is 0 Å². The normalized spacial score (nSPS) is 13.8. The maximum absolute atomic E-state index is 11.9. The molecule has 112 valence electrons. The van der Waals surface area contributed by atoms with Crippen LogP contribution in [0, 0.1) is 5.92 Å². The summed E-state index contributed by atoms with van der Waals surface area (Å²) in [6, 6.07) is 9.76. The van der Waals surface area contributed by atoms with Crippen LogP contribution < -0.4 is 10.6 Å². The molecule has 1 aromatic rings. The number of carbonyl (C=O) groups excluding carboxylic acids is 1. The molecule has 0 aliphatic carbocycles. The van der Waals surface area contributed by atoms with Crippen molar-refractivity contribution in [2.24, 2.45) is 5.92 Å². The van der Waals surface area contributed by atoms with Crippen molar-refractivity contribution in [2.45, 2.75) is 45.8 Å². The molecule has 2 unspecified atom stereocenters. The summed E-state index contributed by atoms with van der Waals surface area (Å²) >= 11 is 0. The molecule has 0 heterocycles. The smallest absolute Gasteiger partial charge is 0.315 e. The average Bonchev–Trinajstić information content (AvgIpc) is 2.45. The lowest BCUT2D eigenvalue weighted by atomic mass is 9.96. The van der Waals surface area contributed by atoms with Gasteiger partial charge in [-0.05, 0) is 24.3 Å². The summed E-state index contributed by atoms with van der Waals surface area (Å²) < 4.78 is 0. The van der Waals surface area contributed by atoms with Crippen molar-refractivity contribution >= 4 is 6.03 Å². The van der Waals surface area contributed by atoms with E-state index in [0.29, 0.717) is 25.3 Å². The molecule has 0 aliphatic heterocycles. The fraction of sp³-hybridized carbons (Fsp3) is 0.562. The zero-order chi connectivity index (χ0) is 15.0. The van der Waals surface area contributed by atoms with E-state index < -0.39 is 0 Å². The Hall–Kier alpha value is -1.55. The molecule has 0 saturated heterocycles.